The first-order chi connectivity index (χ1) is 6.95. The second-order valence-electron chi connectivity index (χ2n) is 2.42. The van der Waals surface area contributed by atoms with Crippen LogP contribution in [0.2, 0.25) is 0 Å². The third kappa shape index (κ3) is 1.88. The highest BCUT2D eigenvalue weighted by atomic mass is 16.6. The van der Waals surface area contributed by atoms with Crippen LogP contribution < -0.4 is 0 Å². The van der Waals surface area contributed by atoms with Crippen LogP contribution >= 0.6 is 0 Å². The highest BCUT2D eigenvalue weighted by Gasteiger charge is 2.29. The molecule has 78 valence electrons. The fourth-order valence-corrected chi connectivity index (χ4v) is 0.968. The van der Waals surface area contributed by atoms with Crippen molar-refractivity contribution < 1.29 is 24.7 Å². The van der Waals surface area contributed by atoms with E-state index in [-0.39, 0.29) is 0 Å². The van der Waals surface area contributed by atoms with E-state index in [0.29, 0.717) is 0 Å². The van der Waals surface area contributed by atoms with Gasteiger partial charge in [0.1, 0.15) is 5.56 Å². The Morgan fingerprint density at radius 1 is 1.33 bits per heavy atom. The first-order valence-electron chi connectivity index (χ1n) is 3.55. The predicted octanol–water partition coefficient (Wildman–Crippen LogP) is 0.386. The van der Waals surface area contributed by atoms with E-state index < -0.39 is 33.8 Å². The second kappa shape index (κ2) is 3.70. The van der Waals surface area contributed by atoms with Gasteiger partial charge in [-0.25, -0.2) is 14.6 Å². The highest BCUT2D eigenvalue weighted by Crippen LogP contribution is 2.21. The number of aromatic nitrogens is 1. The number of hydrogen-bond donors (Lipinski definition) is 2. The molecule has 0 aromatic carbocycles. The summed E-state index contributed by atoms with van der Waals surface area (Å²) in [7, 11) is 0. The van der Waals surface area contributed by atoms with Crippen molar-refractivity contribution in [2.24, 2.45) is 0 Å². The molecule has 8 heteroatoms. The van der Waals surface area contributed by atoms with Crippen molar-refractivity contribution >= 4 is 17.6 Å². The van der Waals surface area contributed by atoms with Gasteiger partial charge >= 0.3 is 17.6 Å². The Kier molecular flexibility index (Phi) is 2.61. The zero-order chi connectivity index (χ0) is 11.6. The highest BCUT2D eigenvalue weighted by molar-refractivity contribution is 5.99. The Morgan fingerprint density at radius 3 is 2.33 bits per heavy atom. The molecule has 0 saturated heterocycles. The average molecular weight is 212 g/mol. The molecule has 0 spiro atoms. The van der Waals surface area contributed by atoms with Crippen LogP contribution in [0, 0.1) is 10.1 Å². The Balaban J connectivity index is 3.56. The van der Waals surface area contributed by atoms with Crippen LogP contribution in [-0.4, -0.2) is 32.1 Å². The second-order valence-corrected chi connectivity index (χ2v) is 2.42. The van der Waals surface area contributed by atoms with Crippen LogP contribution in [0.3, 0.4) is 0 Å². The molecule has 0 aliphatic rings. The van der Waals surface area contributed by atoms with Crippen molar-refractivity contribution in [3.8, 4) is 0 Å². The smallest absolute Gasteiger partial charge is 0.361 e. The Morgan fingerprint density at radius 2 is 1.93 bits per heavy atom. The molecule has 0 amide bonds. The molecule has 0 bridgehead atoms. The topological polar surface area (TPSA) is 131 Å². The Bertz CT molecular complexity index is 423. The van der Waals surface area contributed by atoms with Crippen LogP contribution in [0.15, 0.2) is 12.3 Å². The van der Waals surface area contributed by atoms with Gasteiger partial charge in [-0.15, -0.1) is 0 Å². The van der Waals surface area contributed by atoms with Crippen LogP contribution in [0.1, 0.15) is 20.8 Å². The molecule has 2 N–H and O–H groups in total. The monoisotopic (exact) mass is 212 g/mol. The van der Waals surface area contributed by atoms with Crippen molar-refractivity contribution in [1.29, 1.82) is 0 Å². The molecule has 15 heavy (non-hydrogen) atoms. The molecule has 1 rings (SSSR count). The largest absolute Gasteiger partial charge is 0.477 e. The third-order valence-corrected chi connectivity index (χ3v) is 1.54. The van der Waals surface area contributed by atoms with Gasteiger partial charge < -0.3 is 10.2 Å². The minimum Gasteiger partial charge on any atom is -0.477 e. The lowest BCUT2D eigenvalue weighted by Crippen LogP contribution is -2.11. The summed E-state index contributed by atoms with van der Waals surface area (Å²) in [5.41, 5.74) is -2.61. The summed E-state index contributed by atoms with van der Waals surface area (Å²) in [5, 5.41) is 27.6. The van der Waals surface area contributed by atoms with Crippen molar-refractivity contribution in [2.45, 2.75) is 0 Å². The molecule has 0 aliphatic heterocycles. The maximum absolute atomic E-state index is 10.6. The van der Waals surface area contributed by atoms with Crippen molar-refractivity contribution in [2.75, 3.05) is 0 Å². The van der Waals surface area contributed by atoms with E-state index in [1.165, 1.54) is 0 Å². The van der Waals surface area contributed by atoms with Crippen LogP contribution in [-0.2, 0) is 0 Å². The summed E-state index contributed by atoms with van der Waals surface area (Å²) < 4.78 is 0. The fraction of sp³-hybridized carbons (Fsp3) is 0. The summed E-state index contributed by atoms with van der Waals surface area (Å²) in [5.74, 6) is -3.23. The molecular formula is C7H4N2O6. The Labute approximate surface area is 81.9 Å². The van der Waals surface area contributed by atoms with Crippen molar-refractivity contribution in [1.82, 2.24) is 4.98 Å². The van der Waals surface area contributed by atoms with E-state index in [2.05, 4.69) is 4.98 Å². The van der Waals surface area contributed by atoms with Crippen LogP contribution in [0.5, 0.6) is 0 Å². The minimum absolute atomic E-state index is 0.701. The van der Waals surface area contributed by atoms with Crippen molar-refractivity contribution in [3.63, 3.8) is 0 Å². The SMILES string of the molecule is O=C(O)c1ccnc(C(=O)O)c1[N+](=O)[O-]. The maximum atomic E-state index is 10.6. The van der Waals surface area contributed by atoms with Gasteiger partial charge in [-0.1, -0.05) is 0 Å². The van der Waals surface area contributed by atoms with Gasteiger partial charge in [0.15, 0.2) is 0 Å². The molecule has 1 aromatic rings. The average Bonchev–Trinajstić information content (AvgIpc) is 2.16. The van der Waals surface area contributed by atoms with E-state index in [0.717, 1.165) is 12.3 Å². The fourth-order valence-electron chi connectivity index (χ4n) is 0.968. The number of hydrogen-bond acceptors (Lipinski definition) is 5. The molecule has 0 radical (unpaired) electrons. The summed E-state index contributed by atoms with van der Waals surface area (Å²) in [4.78, 5) is 33.8. The van der Waals surface area contributed by atoms with Gasteiger partial charge in [0.05, 0.1) is 4.92 Å². The molecule has 0 fully saturated rings. The number of nitrogens with zero attached hydrogens (tertiary/aromatic N) is 2. The zero-order valence-corrected chi connectivity index (χ0v) is 7.08. The minimum atomic E-state index is -1.65. The standard InChI is InChI=1S/C7H4N2O6/c10-6(11)3-1-2-8-4(7(12)13)5(3)9(14)15/h1-2H,(H,10,11)(H,12,13). The molecule has 1 aromatic heterocycles. The van der Waals surface area contributed by atoms with Gasteiger partial charge in [0, 0.05) is 6.20 Å². The number of carbonyl (C=O) groups is 2. The lowest BCUT2D eigenvalue weighted by Gasteiger charge is -1.99. The number of pyridine rings is 1. The number of aromatic carboxylic acids is 2. The summed E-state index contributed by atoms with van der Waals surface area (Å²) in [6, 6.07) is 0.868. The van der Waals surface area contributed by atoms with Gasteiger partial charge in [0.25, 0.3) is 0 Å². The quantitative estimate of drug-likeness (QED) is 0.546. The van der Waals surface area contributed by atoms with E-state index in [1.54, 1.807) is 0 Å². The van der Waals surface area contributed by atoms with Crippen LogP contribution in [0.4, 0.5) is 5.69 Å². The molecule has 0 atom stereocenters. The number of rotatable bonds is 3. The van der Waals surface area contributed by atoms with E-state index >= 15 is 0 Å². The first kappa shape index (κ1) is 10.6. The molecular weight excluding hydrogens is 208 g/mol. The molecule has 0 saturated carbocycles. The maximum Gasteiger partial charge on any atom is 0.361 e. The molecule has 8 nitrogen and oxygen atoms in total. The zero-order valence-electron chi connectivity index (χ0n) is 7.08. The van der Waals surface area contributed by atoms with Gasteiger partial charge in [-0.05, 0) is 6.07 Å². The molecule has 0 unspecified atom stereocenters. The summed E-state index contributed by atoms with van der Waals surface area (Å²) in [6.45, 7) is 0. The van der Waals surface area contributed by atoms with Gasteiger partial charge in [0.2, 0.25) is 5.69 Å². The summed E-state index contributed by atoms with van der Waals surface area (Å²) >= 11 is 0. The Hall–Kier alpha value is -2.51. The number of carboxylic acid groups (broad SMARTS) is 2. The van der Waals surface area contributed by atoms with E-state index in [1.807, 2.05) is 0 Å². The number of nitro groups is 1. The molecule has 0 aliphatic carbocycles. The third-order valence-electron chi connectivity index (χ3n) is 1.54. The van der Waals surface area contributed by atoms with Crippen molar-refractivity contribution in [3.05, 3.63) is 33.6 Å². The lowest BCUT2D eigenvalue weighted by atomic mass is 10.2. The first-order valence-corrected chi connectivity index (χ1v) is 3.55. The van der Waals surface area contributed by atoms with Gasteiger partial charge in [-0.2, -0.15) is 0 Å². The van der Waals surface area contributed by atoms with Gasteiger partial charge in [-0.3, -0.25) is 10.1 Å². The number of carboxylic acids is 2. The normalized spacial score (nSPS) is 9.60. The predicted molar refractivity (Wildman–Crippen MR) is 44.8 cm³/mol. The van der Waals surface area contributed by atoms with Crippen LogP contribution in [0.25, 0.3) is 0 Å². The molecule has 1 heterocycles. The van der Waals surface area contributed by atoms with E-state index in [9.17, 15) is 19.7 Å². The summed E-state index contributed by atoms with van der Waals surface area (Å²) in [6.07, 6.45) is 0.889. The van der Waals surface area contributed by atoms with E-state index in [4.69, 9.17) is 10.2 Å². The lowest BCUT2D eigenvalue weighted by molar-refractivity contribution is -0.385.